The SMILES string of the molecule is CN(Cc1nnc(-c2ccco2)o1)C(=O)c1c(F)cccc1Cl. The molecule has 0 fully saturated rings. The summed E-state index contributed by atoms with van der Waals surface area (Å²) < 4.78 is 24.3. The Morgan fingerprint density at radius 2 is 2.13 bits per heavy atom. The second-order valence-corrected chi connectivity index (χ2v) is 5.14. The van der Waals surface area contributed by atoms with Crippen molar-refractivity contribution in [3.63, 3.8) is 0 Å². The maximum atomic E-state index is 13.8. The molecule has 0 unspecified atom stereocenters. The number of hydrogen-bond acceptors (Lipinski definition) is 5. The average Bonchev–Trinajstić information content (AvgIpc) is 3.17. The van der Waals surface area contributed by atoms with Gasteiger partial charge in [-0.1, -0.05) is 17.7 Å². The molecule has 118 valence electrons. The topological polar surface area (TPSA) is 72.4 Å². The van der Waals surface area contributed by atoms with Crippen molar-refractivity contribution < 1.29 is 18.0 Å². The molecule has 0 bridgehead atoms. The first-order valence-corrected chi connectivity index (χ1v) is 7.00. The van der Waals surface area contributed by atoms with E-state index in [1.165, 1.54) is 36.4 Å². The molecule has 0 atom stereocenters. The van der Waals surface area contributed by atoms with Crippen LogP contribution in [0.15, 0.2) is 45.4 Å². The van der Waals surface area contributed by atoms with E-state index in [9.17, 15) is 9.18 Å². The summed E-state index contributed by atoms with van der Waals surface area (Å²) in [4.78, 5) is 13.6. The molecule has 8 heteroatoms. The quantitative estimate of drug-likeness (QED) is 0.730. The number of carbonyl (C=O) groups is 1. The third kappa shape index (κ3) is 3.09. The fraction of sp³-hybridized carbons (Fsp3) is 0.133. The van der Waals surface area contributed by atoms with Crippen LogP contribution in [0.25, 0.3) is 11.7 Å². The van der Waals surface area contributed by atoms with Crippen molar-refractivity contribution >= 4 is 17.5 Å². The summed E-state index contributed by atoms with van der Waals surface area (Å²) in [6, 6.07) is 7.42. The largest absolute Gasteiger partial charge is 0.459 e. The first kappa shape index (κ1) is 15.2. The predicted molar refractivity (Wildman–Crippen MR) is 79.2 cm³/mol. The van der Waals surface area contributed by atoms with E-state index in [1.54, 1.807) is 12.1 Å². The van der Waals surface area contributed by atoms with Gasteiger partial charge in [-0.25, -0.2) is 4.39 Å². The summed E-state index contributed by atoms with van der Waals surface area (Å²) in [5.41, 5.74) is -0.192. The monoisotopic (exact) mass is 335 g/mol. The van der Waals surface area contributed by atoms with Crippen LogP contribution in [0.2, 0.25) is 5.02 Å². The standard InChI is InChI=1S/C15H11ClFN3O3/c1-20(15(21)13-9(16)4-2-5-10(13)17)8-12-18-19-14(23-12)11-6-3-7-22-11/h2-7H,8H2,1H3. The van der Waals surface area contributed by atoms with Crippen molar-refractivity contribution in [2.75, 3.05) is 7.05 Å². The predicted octanol–water partition coefficient (Wildman–Crippen LogP) is 3.39. The van der Waals surface area contributed by atoms with Crippen molar-refractivity contribution in [1.29, 1.82) is 0 Å². The summed E-state index contributed by atoms with van der Waals surface area (Å²) >= 11 is 5.89. The molecule has 3 aromatic rings. The molecule has 23 heavy (non-hydrogen) atoms. The molecule has 0 N–H and O–H groups in total. The van der Waals surface area contributed by atoms with Crippen molar-refractivity contribution in [1.82, 2.24) is 15.1 Å². The Morgan fingerprint density at radius 1 is 1.30 bits per heavy atom. The van der Waals surface area contributed by atoms with Crippen LogP contribution in [-0.2, 0) is 6.54 Å². The Bertz CT molecular complexity index is 812. The van der Waals surface area contributed by atoms with Crippen LogP contribution in [0, 0.1) is 5.82 Å². The fourth-order valence-corrected chi connectivity index (χ4v) is 2.23. The lowest BCUT2D eigenvalue weighted by Crippen LogP contribution is -2.27. The van der Waals surface area contributed by atoms with Gasteiger partial charge in [-0.2, -0.15) is 0 Å². The zero-order valence-corrected chi connectivity index (χ0v) is 12.7. The summed E-state index contributed by atoms with van der Waals surface area (Å²) in [6.07, 6.45) is 1.48. The Balaban J connectivity index is 1.77. The number of furan rings is 1. The second kappa shape index (κ2) is 6.21. The van der Waals surface area contributed by atoms with Gasteiger partial charge in [-0.3, -0.25) is 4.79 Å². The smallest absolute Gasteiger partial charge is 0.283 e. The van der Waals surface area contributed by atoms with Crippen molar-refractivity contribution in [2.45, 2.75) is 6.54 Å². The average molecular weight is 336 g/mol. The molecule has 0 saturated carbocycles. The lowest BCUT2D eigenvalue weighted by molar-refractivity contribution is 0.0768. The van der Waals surface area contributed by atoms with Gasteiger partial charge in [-0.05, 0) is 24.3 Å². The van der Waals surface area contributed by atoms with Gasteiger partial charge in [-0.15, -0.1) is 10.2 Å². The molecular formula is C15H11ClFN3O3. The lowest BCUT2D eigenvalue weighted by Gasteiger charge is -2.16. The van der Waals surface area contributed by atoms with E-state index in [0.29, 0.717) is 5.76 Å². The molecule has 0 aliphatic heterocycles. The molecule has 0 saturated heterocycles. The molecule has 1 aromatic carbocycles. The van der Waals surface area contributed by atoms with E-state index >= 15 is 0 Å². The highest BCUT2D eigenvalue weighted by molar-refractivity contribution is 6.33. The number of carbonyl (C=O) groups excluding carboxylic acids is 1. The summed E-state index contributed by atoms with van der Waals surface area (Å²) in [7, 11) is 1.49. The van der Waals surface area contributed by atoms with E-state index in [1.807, 2.05) is 0 Å². The molecule has 6 nitrogen and oxygen atoms in total. The Labute approximate surface area is 135 Å². The number of rotatable bonds is 4. The van der Waals surface area contributed by atoms with Crippen LogP contribution in [0.4, 0.5) is 4.39 Å². The molecule has 1 amide bonds. The highest BCUT2D eigenvalue weighted by Gasteiger charge is 2.21. The van der Waals surface area contributed by atoms with Gasteiger partial charge in [0.1, 0.15) is 5.82 Å². The first-order chi connectivity index (χ1) is 11.1. The zero-order chi connectivity index (χ0) is 16.4. The van der Waals surface area contributed by atoms with Gasteiger partial charge >= 0.3 is 0 Å². The van der Waals surface area contributed by atoms with E-state index < -0.39 is 11.7 Å². The molecule has 0 spiro atoms. The van der Waals surface area contributed by atoms with Gasteiger partial charge in [0.25, 0.3) is 11.8 Å². The van der Waals surface area contributed by atoms with Crippen LogP contribution in [-0.4, -0.2) is 28.1 Å². The number of hydrogen-bond donors (Lipinski definition) is 0. The molecule has 0 aliphatic carbocycles. The Hall–Kier alpha value is -2.67. The van der Waals surface area contributed by atoms with Crippen LogP contribution in [0.1, 0.15) is 16.2 Å². The maximum absolute atomic E-state index is 13.8. The van der Waals surface area contributed by atoms with Gasteiger partial charge in [0.05, 0.1) is 23.4 Å². The molecule has 0 radical (unpaired) electrons. The van der Waals surface area contributed by atoms with E-state index in [4.69, 9.17) is 20.4 Å². The van der Waals surface area contributed by atoms with E-state index in [-0.39, 0.29) is 28.9 Å². The first-order valence-electron chi connectivity index (χ1n) is 6.62. The third-order valence-corrected chi connectivity index (χ3v) is 3.41. The van der Waals surface area contributed by atoms with Crippen LogP contribution in [0.3, 0.4) is 0 Å². The Kier molecular flexibility index (Phi) is 4.12. The molecule has 2 aromatic heterocycles. The molecule has 2 heterocycles. The van der Waals surface area contributed by atoms with Gasteiger partial charge < -0.3 is 13.7 Å². The number of benzene rings is 1. The maximum Gasteiger partial charge on any atom is 0.283 e. The number of aromatic nitrogens is 2. The van der Waals surface area contributed by atoms with Gasteiger partial charge in [0, 0.05) is 7.05 Å². The second-order valence-electron chi connectivity index (χ2n) is 4.74. The molecule has 3 rings (SSSR count). The van der Waals surface area contributed by atoms with Crippen molar-refractivity contribution in [3.05, 3.63) is 58.9 Å². The van der Waals surface area contributed by atoms with Crippen molar-refractivity contribution in [3.8, 4) is 11.7 Å². The third-order valence-electron chi connectivity index (χ3n) is 3.09. The summed E-state index contributed by atoms with van der Waals surface area (Å²) in [5, 5.41) is 7.71. The molecular weight excluding hydrogens is 325 g/mol. The van der Waals surface area contributed by atoms with E-state index in [0.717, 1.165) is 0 Å². The molecule has 0 aliphatic rings. The number of amides is 1. The number of halogens is 2. The summed E-state index contributed by atoms with van der Waals surface area (Å²) in [6.45, 7) is 0.0111. The van der Waals surface area contributed by atoms with Gasteiger partial charge in [0.2, 0.25) is 5.89 Å². The van der Waals surface area contributed by atoms with Crippen LogP contribution in [0.5, 0.6) is 0 Å². The van der Waals surface area contributed by atoms with Crippen LogP contribution < -0.4 is 0 Å². The van der Waals surface area contributed by atoms with Crippen LogP contribution >= 0.6 is 11.6 Å². The minimum atomic E-state index is -0.684. The minimum Gasteiger partial charge on any atom is -0.459 e. The lowest BCUT2D eigenvalue weighted by atomic mass is 10.2. The normalized spacial score (nSPS) is 10.7. The zero-order valence-electron chi connectivity index (χ0n) is 12.0. The highest BCUT2D eigenvalue weighted by atomic mass is 35.5. The van der Waals surface area contributed by atoms with E-state index in [2.05, 4.69) is 10.2 Å². The van der Waals surface area contributed by atoms with Gasteiger partial charge in [0.15, 0.2) is 5.76 Å². The van der Waals surface area contributed by atoms with Crippen molar-refractivity contribution in [2.24, 2.45) is 0 Å². The highest BCUT2D eigenvalue weighted by Crippen LogP contribution is 2.22. The Morgan fingerprint density at radius 3 is 2.83 bits per heavy atom. The fourth-order valence-electron chi connectivity index (χ4n) is 1.99. The number of nitrogens with zero attached hydrogens (tertiary/aromatic N) is 3. The minimum absolute atomic E-state index is 0.0111. The summed E-state index contributed by atoms with van der Waals surface area (Å²) in [5.74, 6) is -0.439.